The number of carbonyl (C=O) groups excluding carboxylic acids is 2. The Balaban J connectivity index is 2.90. The number of hydrogen-bond acceptors (Lipinski definition) is 6. The minimum Gasteiger partial charge on any atom is -0.465 e. The lowest BCUT2D eigenvalue weighted by molar-refractivity contribution is -0.109. The molecule has 0 aromatic heterocycles. The molecule has 0 aliphatic rings. The van der Waals surface area contributed by atoms with E-state index >= 15 is 0 Å². The van der Waals surface area contributed by atoms with Gasteiger partial charge in [-0.1, -0.05) is 23.9 Å². The topological polar surface area (TPSA) is 83.8 Å². The SMILES string of the molecule is COC(=O)c1cc(C(O)C(O)CSC(C)=O)ccc1C. The van der Waals surface area contributed by atoms with E-state index in [0.29, 0.717) is 11.1 Å². The van der Waals surface area contributed by atoms with Crippen LogP contribution in [0.4, 0.5) is 0 Å². The molecule has 6 heteroatoms. The van der Waals surface area contributed by atoms with Crippen LogP contribution in [0.15, 0.2) is 18.2 Å². The fraction of sp³-hybridized carbons (Fsp3) is 0.429. The van der Waals surface area contributed by atoms with E-state index in [9.17, 15) is 19.8 Å². The number of aryl methyl sites for hydroxylation is 1. The number of carbonyl (C=O) groups is 2. The molecule has 0 aliphatic heterocycles. The summed E-state index contributed by atoms with van der Waals surface area (Å²) in [4.78, 5) is 22.4. The zero-order chi connectivity index (χ0) is 15.3. The lowest BCUT2D eigenvalue weighted by atomic mass is 9.99. The molecule has 0 bridgehead atoms. The number of thioether (sulfide) groups is 1. The van der Waals surface area contributed by atoms with Gasteiger partial charge < -0.3 is 14.9 Å². The minimum absolute atomic E-state index is 0.0952. The van der Waals surface area contributed by atoms with Crippen molar-refractivity contribution in [2.24, 2.45) is 0 Å². The molecule has 0 aliphatic carbocycles. The molecule has 0 heterocycles. The Morgan fingerprint density at radius 1 is 1.35 bits per heavy atom. The number of benzene rings is 1. The molecule has 0 radical (unpaired) electrons. The first-order valence-electron chi connectivity index (χ1n) is 6.05. The molecule has 1 rings (SSSR count). The number of esters is 1. The van der Waals surface area contributed by atoms with Crippen molar-refractivity contribution in [1.82, 2.24) is 0 Å². The summed E-state index contributed by atoms with van der Waals surface area (Å²) in [5.74, 6) is -0.401. The quantitative estimate of drug-likeness (QED) is 0.801. The number of rotatable bonds is 5. The molecule has 2 N–H and O–H groups in total. The third-order valence-corrected chi connectivity index (χ3v) is 3.74. The fourth-order valence-electron chi connectivity index (χ4n) is 1.67. The van der Waals surface area contributed by atoms with Gasteiger partial charge in [-0.25, -0.2) is 4.79 Å². The number of hydrogen-bond donors (Lipinski definition) is 2. The molecular formula is C14H18O5S. The van der Waals surface area contributed by atoms with E-state index in [-0.39, 0.29) is 10.9 Å². The Bertz CT molecular complexity index is 500. The van der Waals surface area contributed by atoms with Gasteiger partial charge in [-0.2, -0.15) is 0 Å². The van der Waals surface area contributed by atoms with Crippen molar-refractivity contribution >= 4 is 22.8 Å². The van der Waals surface area contributed by atoms with E-state index < -0.39 is 18.2 Å². The summed E-state index contributed by atoms with van der Waals surface area (Å²) in [6.45, 7) is 3.15. The summed E-state index contributed by atoms with van der Waals surface area (Å²) < 4.78 is 4.66. The summed E-state index contributed by atoms with van der Waals surface area (Å²) in [6, 6.07) is 4.80. The van der Waals surface area contributed by atoms with Crippen molar-refractivity contribution in [2.45, 2.75) is 26.1 Å². The third kappa shape index (κ3) is 4.33. The summed E-state index contributed by atoms with van der Waals surface area (Å²) >= 11 is 0.940. The van der Waals surface area contributed by atoms with Crippen molar-refractivity contribution in [3.05, 3.63) is 34.9 Å². The van der Waals surface area contributed by atoms with Crippen LogP contribution in [0.3, 0.4) is 0 Å². The average Bonchev–Trinajstić information content (AvgIpc) is 2.43. The lowest BCUT2D eigenvalue weighted by Gasteiger charge is -2.18. The summed E-state index contributed by atoms with van der Waals surface area (Å²) in [7, 11) is 1.28. The molecule has 0 amide bonds. The van der Waals surface area contributed by atoms with Crippen molar-refractivity contribution in [1.29, 1.82) is 0 Å². The smallest absolute Gasteiger partial charge is 0.338 e. The fourth-order valence-corrected chi connectivity index (χ4v) is 2.26. The number of ether oxygens (including phenoxy) is 1. The van der Waals surface area contributed by atoms with Gasteiger partial charge >= 0.3 is 5.97 Å². The zero-order valence-corrected chi connectivity index (χ0v) is 12.4. The Morgan fingerprint density at radius 2 is 2.00 bits per heavy atom. The number of methoxy groups -OCH3 is 1. The maximum Gasteiger partial charge on any atom is 0.338 e. The van der Waals surface area contributed by atoms with Crippen LogP contribution in [0.25, 0.3) is 0 Å². The van der Waals surface area contributed by atoms with E-state index in [1.807, 2.05) is 0 Å². The van der Waals surface area contributed by atoms with Gasteiger partial charge in [-0.15, -0.1) is 0 Å². The van der Waals surface area contributed by atoms with Crippen LogP contribution in [0.5, 0.6) is 0 Å². The molecule has 0 saturated carbocycles. The largest absolute Gasteiger partial charge is 0.465 e. The summed E-state index contributed by atoms with van der Waals surface area (Å²) in [5.41, 5.74) is 1.48. The van der Waals surface area contributed by atoms with Crippen LogP contribution in [-0.2, 0) is 9.53 Å². The molecule has 1 aromatic carbocycles. The molecule has 2 atom stereocenters. The number of aliphatic hydroxyl groups is 2. The highest BCUT2D eigenvalue weighted by Gasteiger charge is 2.21. The maximum atomic E-state index is 11.6. The molecule has 110 valence electrons. The molecule has 0 fully saturated rings. The van der Waals surface area contributed by atoms with Gasteiger partial charge in [0, 0.05) is 12.7 Å². The zero-order valence-electron chi connectivity index (χ0n) is 11.6. The second kappa shape index (κ2) is 7.42. The predicted molar refractivity (Wildman–Crippen MR) is 76.6 cm³/mol. The van der Waals surface area contributed by atoms with Crippen molar-refractivity contribution in [2.75, 3.05) is 12.9 Å². The standard InChI is InChI=1S/C14H18O5S/c1-8-4-5-10(6-11(8)14(18)19-3)13(17)12(16)7-20-9(2)15/h4-6,12-13,16-17H,7H2,1-3H3. The van der Waals surface area contributed by atoms with E-state index in [2.05, 4.69) is 4.74 Å². The Labute approximate surface area is 121 Å². The highest BCUT2D eigenvalue weighted by atomic mass is 32.2. The van der Waals surface area contributed by atoms with Crippen molar-refractivity contribution in [3.8, 4) is 0 Å². The molecule has 20 heavy (non-hydrogen) atoms. The first kappa shape index (κ1) is 16.7. The summed E-state index contributed by atoms with van der Waals surface area (Å²) in [6.07, 6.45) is -2.25. The Morgan fingerprint density at radius 3 is 2.55 bits per heavy atom. The Hall–Kier alpha value is -1.37. The number of aliphatic hydroxyl groups excluding tert-OH is 2. The van der Waals surface area contributed by atoms with Crippen molar-refractivity contribution in [3.63, 3.8) is 0 Å². The van der Waals surface area contributed by atoms with E-state index in [4.69, 9.17) is 0 Å². The van der Waals surface area contributed by atoms with E-state index in [1.165, 1.54) is 20.1 Å². The van der Waals surface area contributed by atoms with E-state index in [1.54, 1.807) is 19.1 Å². The molecule has 1 aromatic rings. The first-order valence-corrected chi connectivity index (χ1v) is 7.03. The molecular weight excluding hydrogens is 280 g/mol. The average molecular weight is 298 g/mol. The van der Waals surface area contributed by atoms with Crippen LogP contribution in [0.1, 0.15) is 34.5 Å². The minimum atomic E-state index is -1.16. The second-order valence-electron chi connectivity index (χ2n) is 4.38. The molecule has 5 nitrogen and oxygen atoms in total. The highest BCUT2D eigenvalue weighted by Crippen LogP contribution is 2.23. The first-order chi connectivity index (χ1) is 9.36. The van der Waals surface area contributed by atoms with Gasteiger partial charge in [0.1, 0.15) is 6.10 Å². The van der Waals surface area contributed by atoms with Gasteiger partial charge in [0.05, 0.1) is 18.8 Å². The second-order valence-corrected chi connectivity index (χ2v) is 5.58. The van der Waals surface area contributed by atoms with Crippen molar-refractivity contribution < 1.29 is 24.5 Å². The molecule has 0 spiro atoms. The van der Waals surface area contributed by atoms with E-state index in [0.717, 1.165) is 17.3 Å². The summed E-state index contributed by atoms with van der Waals surface area (Å²) in [5, 5.41) is 19.8. The monoisotopic (exact) mass is 298 g/mol. The normalized spacial score (nSPS) is 13.7. The Kier molecular flexibility index (Phi) is 6.19. The van der Waals surface area contributed by atoms with Gasteiger partial charge in [0.15, 0.2) is 5.12 Å². The lowest BCUT2D eigenvalue weighted by Crippen LogP contribution is -2.22. The van der Waals surface area contributed by atoms with Gasteiger partial charge in [0.2, 0.25) is 0 Å². The third-order valence-electron chi connectivity index (χ3n) is 2.83. The maximum absolute atomic E-state index is 11.6. The molecule has 2 unspecified atom stereocenters. The van der Waals surface area contributed by atoms with Crippen LogP contribution in [0.2, 0.25) is 0 Å². The predicted octanol–water partition coefficient (Wildman–Crippen LogP) is 1.46. The van der Waals surface area contributed by atoms with Crippen LogP contribution >= 0.6 is 11.8 Å². The molecule has 0 saturated heterocycles. The van der Waals surface area contributed by atoms with Gasteiger partial charge in [-0.3, -0.25) is 4.79 Å². The van der Waals surface area contributed by atoms with Gasteiger partial charge in [-0.05, 0) is 24.1 Å². The van der Waals surface area contributed by atoms with Crippen LogP contribution in [-0.4, -0.2) is 40.3 Å². The van der Waals surface area contributed by atoms with Crippen LogP contribution < -0.4 is 0 Å². The van der Waals surface area contributed by atoms with Crippen LogP contribution in [0, 0.1) is 6.92 Å². The highest BCUT2D eigenvalue weighted by molar-refractivity contribution is 8.13. The van der Waals surface area contributed by atoms with Gasteiger partial charge in [0.25, 0.3) is 0 Å².